The van der Waals surface area contributed by atoms with E-state index in [0.717, 1.165) is 0 Å². The van der Waals surface area contributed by atoms with E-state index in [1.54, 1.807) is 19.0 Å². The highest BCUT2D eigenvalue weighted by atomic mass is 16.2. The number of amides is 2. The Kier molecular flexibility index (Phi) is 8.42. The van der Waals surface area contributed by atoms with Crippen molar-refractivity contribution in [3.05, 3.63) is 0 Å². The first-order valence-corrected chi connectivity index (χ1v) is 7.19. The third kappa shape index (κ3) is 10.6. The second-order valence-corrected chi connectivity index (χ2v) is 5.96. The topological polar surface area (TPSA) is 85.8 Å². The van der Waals surface area contributed by atoms with E-state index in [2.05, 4.69) is 20.9 Å². The molecular formula is C14H29N5O2. The summed E-state index contributed by atoms with van der Waals surface area (Å²) in [6.45, 7) is 8.92. The first kappa shape index (κ1) is 19.2. The fourth-order valence-corrected chi connectivity index (χ4v) is 1.46. The second-order valence-electron chi connectivity index (χ2n) is 5.96. The minimum absolute atomic E-state index is 0.0452. The number of rotatable bonds is 6. The standard InChI is InChI=1S/C14H29N5O2/c1-7-15-13(16-9-8-12(21)19(5)6)17-10-11(20)18-14(2,3)4/h7-10H2,1-6H3,(H,18,20)(H2,15,16,17). The molecule has 0 bridgehead atoms. The predicted octanol–water partition coefficient (Wildman–Crippen LogP) is -0.0655. The van der Waals surface area contributed by atoms with Crippen LogP contribution in [-0.4, -0.2) is 61.9 Å². The molecule has 0 aromatic heterocycles. The van der Waals surface area contributed by atoms with Crippen molar-refractivity contribution >= 4 is 17.8 Å². The Labute approximate surface area is 127 Å². The molecule has 7 nitrogen and oxygen atoms in total. The molecule has 21 heavy (non-hydrogen) atoms. The zero-order valence-corrected chi connectivity index (χ0v) is 14.0. The highest BCUT2D eigenvalue weighted by molar-refractivity contribution is 5.85. The summed E-state index contributed by atoms with van der Waals surface area (Å²) in [6, 6.07) is 0. The van der Waals surface area contributed by atoms with Gasteiger partial charge in [0.1, 0.15) is 6.54 Å². The molecule has 0 atom stereocenters. The van der Waals surface area contributed by atoms with Crippen LogP contribution in [0.4, 0.5) is 0 Å². The predicted molar refractivity (Wildman–Crippen MR) is 85.2 cm³/mol. The molecule has 122 valence electrons. The molecule has 0 saturated heterocycles. The van der Waals surface area contributed by atoms with E-state index in [4.69, 9.17) is 0 Å². The molecule has 7 heteroatoms. The molecule has 0 aliphatic rings. The molecule has 0 heterocycles. The first-order chi connectivity index (χ1) is 9.65. The third-order valence-electron chi connectivity index (χ3n) is 2.37. The van der Waals surface area contributed by atoms with Gasteiger partial charge >= 0.3 is 0 Å². The van der Waals surface area contributed by atoms with Crippen LogP contribution in [0.5, 0.6) is 0 Å². The summed E-state index contributed by atoms with van der Waals surface area (Å²) in [5.41, 5.74) is -0.267. The fraction of sp³-hybridized carbons (Fsp3) is 0.786. The van der Waals surface area contributed by atoms with Gasteiger partial charge in [-0.15, -0.1) is 0 Å². The van der Waals surface area contributed by atoms with Gasteiger partial charge in [0.15, 0.2) is 5.96 Å². The van der Waals surface area contributed by atoms with Gasteiger partial charge < -0.3 is 20.9 Å². The Balaban J connectivity index is 4.30. The Hall–Kier alpha value is -1.79. The number of carbonyl (C=O) groups is 2. The summed E-state index contributed by atoms with van der Waals surface area (Å²) in [5.74, 6) is 0.445. The summed E-state index contributed by atoms with van der Waals surface area (Å²) < 4.78 is 0. The highest BCUT2D eigenvalue weighted by Gasteiger charge is 2.13. The van der Waals surface area contributed by atoms with Gasteiger partial charge in [-0.1, -0.05) is 0 Å². The molecule has 0 saturated carbocycles. The van der Waals surface area contributed by atoms with Crippen LogP contribution in [0.1, 0.15) is 34.1 Å². The van der Waals surface area contributed by atoms with Crippen molar-refractivity contribution in [2.24, 2.45) is 4.99 Å². The maximum Gasteiger partial charge on any atom is 0.242 e. The number of hydrogen-bond donors (Lipinski definition) is 3. The van der Waals surface area contributed by atoms with Gasteiger partial charge in [0.25, 0.3) is 0 Å². The molecule has 0 aromatic carbocycles. The van der Waals surface area contributed by atoms with E-state index >= 15 is 0 Å². The third-order valence-corrected chi connectivity index (χ3v) is 2.37. The van der Waals surface area contributed by atoms with Crippen molar-refractivity contribution in [1.29, 1.82) is 0 Å². The quantitative estimate of drug-likeness (QED) is 0.473. The normalized spacial score (nSPS) is 11.8. The van der Waals surface area contributed by atoms with Crippen LogP contribution in [-0.2, 0) is 9.59 Å². The average molecular weight is 299 g/mol. The summed E-state index contributed by atoms with van der Waals surface area (Å²) in [4.78, 5) is 28.9. The van der Waals surface area contributed by atoms with E-state index < -0.39 is 0 Å². The number of nitrogens with one attached hydrogen (secondary N) is 3. The summed E-state index contributed by atoms with van der Waals surface area (Å²) in [6.07, 6.45) is 0.381. The first-order valence-electron chi connectivity index (χ1n) is 7.19. The second kappa shape index (κ2) is 9.20. The lowest BCUT2D eigenvalue weighted by Crippen LogP contribution is -2.43. The van der Waals surface area contributed by atoms with Gasteiger partial charge in [-0.25, -0.2) is 4.99 Å². The molecule has 0 radical (unpaired) electrons. The molecule has 0 unspecified atom stereocenters. The molecule has 0 aromatic rings. The number of nitrogens with zero attached hydrogens (tertiary/aromatic N) is 2. The fourth-order valence-electron chi connectivity index (χ4n) is 1.46. The monoisotopic (exact) mass is 299 g/mol. The zero-order chi connectivity index (χ0) is 16.5. The largest absolute Gasteiger partial charge is 0.357 e. The van der Waals surface area contributed by atoms with Gasteiger partial charge in [-0.2, -0.15) is 0 Å². The lowest BCUT2D eigenvalue weighted by atomic mass is 10.1. The summed E-state index contributed by atoms with van der Waals surface area (Å²) >= 11 is 0. The van der Waals surface area contributed by atoms with Crippen LogP contribution in [0.3, 0.4) is 0 Å². The minimum atomic E-state index is -0.267. The van der Waals surface area contributed by atoms with E-state index in [1.165, 1.54) is 0 Å². The van der Waals surface area contributed by atoms with Crippen LogP contribution < -0.4 is 16.0 Å². The van der Waals surface area contributed by atoms with E-state index in [1.807, 2.05) is 27.7 Å². The molecule has 0 aliphatic heterocycles. The SMILES string of the molecule is CCNC(=NCC(=O)NC(C)(C)C)NCCC(=O)N(C)C. The van der Waals surface area contributed by atoms with Crippen LogP contribution >= 0.6 is 0 Å². The number of aliphatic imine (C=N–C) groups is 1. The summed E-state index contributed by atoms with van der Waals surface area (Å²) in [7, 11) is 3.44. The maximum absolute atomic E-state index is 11.7. The Morgan fingerprint density at radius 1 is 1.14 bits per heavy atom. The van der Waals surface area contributed by atoms with Gasteiger partial charge in [0.2, 0.25) is 11.8 Å². The van der Waals surface area contributed by atoms with Gasteiger partial charge in [-0.3, -0.25) is 9.59 Å². The summed E-state index contributed by atoms with van der Waals surface area (Å²) in [5, 5.41) is 8.92. The van der Waals surface area contributed by atoms with Crippen LogP contribution in [0.15, 0.2) is 4.99 Å². The van der Waals surface area contributed by atoms with Crippen LogP contribution in [0, 0.1) is 0 Å². The number of carbonyl (C=O) groups excluding carboxylic acids is 2. The molecule has 0 fully saturated rings. The lowest BCUT2D eigenvalue weighted by Gasteiger charge is -2.20. The van der Waals surface area contributed by atoms with Crippen molar-refractivity contribution in [2.75, 3.05) is 33.7 Å². The molecular weight excluding hydrogens is 270 g/mol. The highest BCUT2D eigenvalue weighted by Crippen LogP contribution is 1.97. The molecule has 2 amide bonds. The number of hydrogen-bond acceptors (Lipinski definition) is 3. The van der Waals surface area contributed by atoms with E-state index in [9.17, 15) is 9.59 Å². The van der Waals surface area contributed by atoms with Crippen molar-refractivity contribution < 1.29 is 9.59 Å². The minimum Gasteiger partial charge on any atom is -0.357 e. The molecule has 0 rings (SSSR count). The number of guanidine groups is 1. The van der Waals surface area contributed by atoms with E-state index in [-0.39, 0.29) is 23.9 Å². The van der Waals surface area contributed by atoms with Crippen molar-refractivity contribution in [2.45, 2.75) is 39.7 Å². The van der Waals surface area contributed by atoms with E-state index in [0.29, 0.717) is 25.5 Å². The smallest absolute Gasteiger partial charge is 0.242 e. The Bertz CT molecular complexity index is 372. The van der Waals surface area contributed by atoms with Crippen molar-refractivity contribution in [3.63, 3.8) is 0 Å². The Morgan fingerprint density at radius 3 is 2.24 bits per heavy atom. The average Bonchev–Trinajstić information content (AvgIpc) is 2.33. The van der Waals surface area contributed by atoms with Crippen molar-refractivity contribution in [1.82, 2.24) is 20.9 Å². The van der Waals surface area contributed by atoms with Crippen LogP contribution in [0.2, 0.25) is 0 Å². The lowest BCUT2D eigenvalue weighted by molar-refractivity contribution is -0.128. The van der Waals surface area contributed by atoms with Gasteiger partial charge in [-0.05, 0) is 27.7 Å². The zero-order valence-electron chi connectivity index (χ0n) is 14.0. The molecule has 3 N–H and O–H groups in total. The van der Waals surface area contributed by atoms with Gasteiger partial charge in [0, 0.05) is 39.1 Å². The van der Waals surface area contributed by atoms with Crippen molar-refractivity contribution in [3.8, 4) is 0 Å². The maximum atomic E-state index is 11.7. The molecule has 0 aliphatic carbocycles. The van der Waals surface area contributed by atoms with Gasteiger partial charge in [0.05, 0.1) is 0 Å². The Morgan fingerprint density at radius 2 is 1.76 bits per heavy atom. The molecule has 0 spiro atoms. The van der Waals surface area contributed by atoms with Crippen LogP contribution in [0.25, 0.3) is 0 Å².